The summed E-state index contributed by atoms with van der Waals surface area (Å²) < 4.78 is 5.84. The zero-order valence-electron chi connectivity index (χ0n) is 16.0. The molecule has 0 amide bonds. The van der Waals surface area contributed by atoms with Crippen LogP contribution >= 0.6 is 0 Å². The molecule has 29 heavy (non-hydrogen) atoms. The first-order chi connectivity index (χ1) is 14.1. The molecule has 0 fully saturated rings. The fraction of sp³-hybridized carbons (Fsp3) is 0.174. The number of hydrogen-bond donors (Lipinski definition) is 2. The number of imidazole rings is 2. The van der Waals surface area contributed by atoms with E-state index in [-0.39, 0.29) is 11.5 Å². The maximum Gasteiger partial charge on any atom is 0.343 e. The topological polar surface area (TPSA) is 87.6 Å². The van der Waals surface area contributed by atoms with Crippen LogP contribution in [-0.4, -0.2) is 19.9 Å². The lowest BCUT2D eigenvalue weighted by Gasteiger charge is -2.19. The average Bonchev–Trinajstić information content (AvgIpc) is 3.34. The lowest BCUT2D eigenvalue weighted by atomic mass is 9.88. The molecule has 1 aliphatic rings. The molecule has 1 aliphatic carbocycles. The molecule has 0 saturated heterocycles. The molecule has 1 unspecified atom stereocenters. The van der Waals surface area contributed by atoms with Gasteiger partial charge in [-0.05, 0) is 36.6 Å². The van der Waals surface area contributed by atoms with Crippen LogP contribution in [0.1, 0.15) is 29.0 Å². The highest BCUT2D eigenvalue weighted by Gasteiger charge is 2.23. The standard InChI is InChI=1S/C23H18N4O2/c1-11-24-9-18(26-11)15-5-13-3-4-14-6-16(19-10-25-12(2)27-19)8-20-22(14)21(13)17(7-15)23(28)29-20/h3-7,9-10,16H,8H2,1-2H3,(H,24,26)(H,25,27). The normalized spacial score (nSPS) is 15.9. The number of rotatable bonds is 2. The monoisotopic (exact) mass is 382 g/mol. The van der Waals surface area contributed by atoms with E-state index in [1.165, 1.54) is 0 Å². The Morgan fingerprint density at radius 3 is 2.62 bits per heavy atom. The predicted molar refractivity (Wildman–Crippen MR) is 112 cm³/mol. The van der Waals surface area contributed by atoms with E-state index in [1.807, 2.05) is 26.1 Å². The molecule has 3 heterocycles. The van der Waals surface area contributed by atoms with Crippen molar-refractivity contribution in [1.82, 2.24) is 19.9 Å². The van der Waals surface area contributed by atoms with Gasteiger partial charge in [-0.25, -0.2) is 14.8 Å². The van der Waals surface area contributed by atoms with Crippen LogP contribution in [0.3, 0.4) is 0 Å². The number of hydrogen-bond acceptors (Lipinski definition) is 4. The van der Waals surface area contributed by atoms with Gasteiger partial charge in [-0.1, -0.05) is 18.2 Å². The Morgan fingerprint density at radius 1 is 1.03 bits per heavy atom. The maximum atomic E-state index is 12.9. The van der Waals surface area contributed by atoms with E-state index >= 15 is 0 Å². The molecule has 0 bridgehead atoms. The Labute approximate surface area is 165 Å². The molecule has 142 valence electrons. The Balaban J connectivity index is 1.64. The second-order valence-corrected chi connectivity index (χ2v) is 7.75. The predicted octanol–water partition coefficient (Wildman–Crippen LogP) is 3.52. The fourth-order valence-corrected chi connectivity index (χ4v) is 4.47. The van der Waals surface area contributed by atoms with Crippen molar-refractivity contribution in [1.29, 1.82) is 0 Å². The molecule has 1 atom stereocenters. The molecule has 5 aromatic rings. The van der Waals surface area contributed by atoms with Crippen LogP contribution in [-0.2, 0) is 6.42 Å². The number of H-pyrrole nitrogens is 2. The number of aromatic amines is 2. The molecule has 6 heteroatoms. The third kappa shape index (κ3) is 2.38. The zero-order chi connectivity index (χ0) is 19.7. The van der Waals surface area contributed by atoms with E-state index in [0.717, 1.165) is 55.7 Å². The smallest absolute Gasteiger partial charge is 0.343 e. The Kier molecular flexibility index (Phi) is 3.19. The minimum Gasteiger partial charge on any atom is -0.427 e. The first-order valence-corrected chi connectivity index (χ1v) is 9.64. The summed E-state index contributed by atoms with van der Waals surface area (Å²) in [5.41, 5.74) is 2.56. The summed E-state index contributed by atoms with van der Waals surface area (Å²) in [5, 5.41) is 4.74. The molecule has 2 N–H and O–H groups in total. The molecule has 0 aliphatic heterocycles. The molecule has 6 rings (SSSR count). The molecular weight excluding hydrogens is 364 g/mol. The largest absolute Gasteiger partial charge is 0.427 e. The van der Waals surface area contributed by atoms with Crippen molar-refractivity contribution in [3.05, 3.63) is 75.4 Å². The lowest BCUT2D eigenvalue weighted by molar-refractivity contribution is 0.465. The number of nitrogens with zero attached hydrogens (tertiary/aromatic N) is 2. The SMILES string of the molecule is Cc1ncc(-c2cc3ccc4c5c(oc(=O)c(c2)c35)CC(c2cnc(C)[nH]2)C=4)[nH]1. The van der Waals surface area contributed by atoms with Crippen molar-refractivity contribution >= 4 is 27.6 Å². The second kappa shape index (κ2) is 5.67. The number of nitrogens with one attached hydrogen (secondary N) is 2. The van der Waals surface area contributed by atoms with Crippen LogP contribution in [0.5, 0.6) is 0 Å². The maximum absolute atomic E-state index is 12.9. The minimum absolute atomic E-state index is 0.109. The summed E-state index contributed by atoms with van der Waals surface area (Å²) in [6.07, 6.45) is 6.52. The molecule has 0 saturated carbocycles. The molecular formula is C23H18N4O2. The van der Waals surface area contributed by atoms with Crippen molar-refractivity contribution in [2.24, 2.45) is 0 Å². The zero-order valence-corrected chi connectivity index (χ0v) is 16.0. The average molecular weight is 382 g/mol. The van der Waals surface area contributed by atoms with Crippen molar-refractivity contribution < 1.29 is 4.42 Å². The van der Waals surface area contributed by atoms with E-state index in [0.29, 0.717) is 11.8 Å². The summed E-state index contributed by atoms with van der Waals surface area (Å²) in [4.78, 5) is 28.1. The third-order valence-corrected chi connectivity index (χ3v) is 5.79. The van der Waals surface area contributed by atoms with Crippen LogP contribution in [0, 0.1) is 13.8 Å². The first-order valence-electron chi connectivity index (χ1n) is 9.64. The minimum atomic E-state index is -0.297. The van der Waals surface area contributed by atoms with Crippen LogP contribution in [0.4, 0.5) is 0 Å². The van der Waals surface area contributed by atoms with Gasteiger partial charge in [0, 0.05) is 40.6 Å². The van der Waals surface area contributed by atoms with Gasteiger partial charge in [-0.15, -0.1) is 0 Å². The van der Waals surface area contributed by atoms with E-state index in [9.17, 15) is 4.79 Å². The third-order valence-electron chi connectivity index (χ3n) is 5.79. The number of aromatic nitrogens is 4. The summed E-state index contributed by atoms with van der Waals surface area (Å²) in [7, 11) is 0. The van der Waals surface area contributed by atoms with E-state index < -0.39 is 0 Å². The number of aryl methyl sites for hydroxylation is 2. The highest BCUT2D eigenvalue weighted by molar-refractivity contribution is 6.12. The van der Waals surface area contributed by atoms with Crippen LogP contribution in [0.2, 0.25) is 0 Å². The van der Waals surface area contributed by atoms with Gasteiger partial charge in [-0.3, -0.25) is 0 Å². The van der Waals surface area contributed by atoms with Gasteiger partial charge < -0.3 is 14.4 Å². The Hall–Kier alpha value is -3.67. The molecule has 0 spiro atoms. The van der Waals surface area contributed by atoms with Crippen molar-refractivity contribution in [2.75, 3.05) is 0 Å². The lowest BCUT2D eigenvalue weighted by Crippen LogP contribution is -2.19. The summed E-state index contributed by atoms with van der Waals surface area (Å²) in [6, 6.07) is 8.20. The van der Waals surface area contributed by atoms with E-state index in [4.69, 9.17) is 4.42 Å². The summed E-state index contributed by atoms with van der Waals surface area (Å²) in [5.74, 6) is 2.57. The highest BCUT2D eigenvalue weighted by atomic mass is 16.4. The molecule has 3 aromatic heterocycles. The van der Waals surface area contributed by atoms with Crippen molar-refractivity contribution in [2.45, 2.75) is 26.2 Å². The molecule has 6 nitrogen and oxygen atoms in total. The Morgan fingerprint density at radius 2 is 1.86 bits per heavy atom. The highest BCUT2D eigenvalue weighted by Crippen LogP contribution is 2.34. The van der Waals surface area contributed by atoms with Gasteiger partial charge in [0.1, 0.15) is 17.4 Å². The van der Waals surface area contributed by atoms with Gasteiger partial charge >= 0.3 is 5.63 Å². The van der Waals surface area contributed by atoms with Crippen LogP contribution < -0.4 is 10.8 Å². The molecule has 2 aromatic carbocycles. The van der Waals surface area contributed by atoms with Crippen molar-refractivity contribution in [3.8, 4) is 11.3 Å². The van der Waals surface area contributed by atoms with Gasteiger partial charge in [-0.2, -0.15) is 0 Å². The van der Waals surface area contributed by atoms with Crippen molar-refractivity contribution in [3.63, 3.8) is 0 Å². The summed E-state index contributed by atoms with van der Waals surface area (Å²) >= 11 is 0. The second-order valence-electron chi connectivity index (χ2n) is 7.75. The van der Waals surface area contributed by atoms with Gasteiger partial charge in [0.25, 0.3) is 0 Å². The van der Waals surface area contributed by atoms with Crippen LogP contribution in [0.25, 0.3) is 38.9 Å². The van der Waals surface area contributed by atoms with E-state index in [1.54, 1.807) is 6.20 Å². The van der Waals surface area contributed by atoms with Gasteiger partial charge in [0.2, 0.25) is 0 Å². The van der Waals surface area contributed by atoms with Gasteiger partial charge in [0.15, 0.2) is 0 Å². The molecule has 0 radical (unpaired) electrons. The quantitative estimate of drug-likeness (QED) is 0.489. The van der Waals surface area contributed by atoms with Crippen LogP contribution in [0.15, 0.2) is 45.9 Å². The number of benzene rings is 2. The Bertz CT molecular complexity index is 1540. The fourth-order valence-electron chi connectivity index (χ4n) is 4.47. The van der Waals surface area contributed by atoms with E-state index in [2.05, 4.69) is 44.2 Å². The van der Waals surface area contributed by atoms with Gasteiger partial charge in [0.05, 0.1) is 17.3 Å². The first kappa shape index (κ1) is 16.3. The summed E-state index contributed by atoms with van der Waals surface area (Å²) in [6.45, 7) is 3.85.